The summed E-state index contributed by atoms with van der Waals surface area (Å²) in [4.78, 5) is 17.8. The van der Waals surface area contributed by atoms with Crippen molar-refractivity contribution >= 4 is 39.1 Å². The molecule has 0 aliphatic carbocycles. The Morgan fingerprint density at radius 2 is 1.12 bits per heavy atom. The molecule has 234 valence electrons. The van der Waals surface area contributed by atoms with Crippen LogP contribution in [0, 0.1) is 0 Å². The zero-order valence-electron chi connectivity index (χ0n) is 27.0. The lowest BCUT2D eigenvalue weighted by Crippen LogP contribution is -2.14. The molecule has 3 heterocycles. The van der Waals surface area contributed by atoms with Crippen molar-refractivity contribution in [2.24, 2.45) is 0 Å². The molecule has 0 unspecified atom stereocenters. The van der Waals surface area contributed by atoms with Crippen LogP contribution in [0.15, 0.2) is 176 Å². The highest BCUT2D eigenvalue weighted by atomic mass is 15.3. The first-order valence-corrected chi connectivity index (χ1v) is 16.8. The number of hydrogen-bond donors (Lipinski definition) is 0. The molecular weight excluding hydrogens is 611 g/mol. The smallest absolute Gasteiger partial charge is 0.220 e. The highest BCUT2D eigenvalue weighted by Gasteiger charge is 2.30. The topological polar surface area (TPSA) is 46.8 Å². The van der Waals surface area contributed by atoms with Gasteiger partial charge in [-0.2, -0.15) is 0 Å². The Morgan fingerprint density at radius 3 is 1.98 bits per heavy atom. The van der Waals surface area contributed by atoms with E-state index in [1.807, 2.05) is 36.4 Å². The molecule has 10 rings (SSSR count). The Morgan fingerprint density at radius 1 is 0.440 bits per heavy atom. The van der Waals surface area contributed by atoms with Crippen molar-refractivity contribution in [2.75, 3.05) is 4.90 Å². The number of aromatic nitrogens is 4. The number of para-hydroxylation sites is 3. The normalized spacial score (nSPS) is 12.0. The summed E-state index contributed by atoms with van der Waals surface area (Å²) in [5.74, 6) is 1.53. The van der Waals surface area contributed by atoms with Gasteiger partial charge in [0.25, 0.3) is 0 Å². The molecule has 1 aliphatic rings. The lowest BCUT2D eigenvalue weighted by Gasteiger charge is -2.25. The van der Waals surface area contributed by atoms with Gasteiger partial charge >= 0.3 is 0 Å². The zero-order chi connectivity index (χ0) is 33.0. The fraction of sp³-hybridized carbons (Fsp3) is 0. The molecule has 0 fully saturated rings. The number of imidazole rings is 1. The van der Waals surface area contributed by atoms with E-state index in [9.17, 15) is 0 Å². The highest BCUT2D eigenvalue weighted by molar-refractivity contribution is 6.08. The van der Waals surface area contributed by atoms with E-state index < -0.39 is 0 Å². The van der Waals surface area contributed by atoms with Crippen LogP contribution in [0.1, 0.15) is 0 Å². The van der Waals surface area contributed by atoms with E-state index in [0.717, 1.165) is 67.7 Å². The summed E-state index contributed by atoms with van der Waals surface area (Å²) < 4.78 is 2.30. The van der Waals surface area contributed by atoms with E-state index in [2.05, 4.69) is 149 Å². The van der Waals surface area contributed by atoms with Gasteiger partial charge in [-0.15, -0.1) is 0 Å². The lowest BCUT2D eigenvalue weighted by molar-refractivity contribution is 1.05. The van der Waals surface area contributed by atoms with Crippen molar-refractivity contribution in [3.05, 3.63) is 176 Å². The molecule has 0 N–H and O–H groups in total. The van der Waals surface area contributed by atoms with Crippen LogP contribution in [0.4, 0.5) is 17.3 Å². The van der Waals surface area contributed by atoms with Crippen LogP contribution in [0.2, 0.25) is 0 Å². The van der Waals surface area contributed by atoms with Gasteiger partial charge in [-0.1, -0.05) is 133 Å². The van der Waals surface area contributed by atoms with Crippen LogP contribution in [-0.4, -0.2) is 19.5 Å². The third kappa shape index (κ3) is 4.52. The summed E-state index contributed by atoms with van der Waals surface area (Å²) in [6.07, 6.45) is 0. The lowest BCUT2D eigenvalue weighted by atomic mass is 9.94. The van der Waals surface area contributed by atoms with Crippen molar-refractivity contribution in [1.82, 2.24) is 19.5 Å². The average molecular weight is 640 g/mol. The van der Waals surface area contributed by atoms with Crippen molar-refractivity contribution < 1.29 is 0 Å². The maximum atomic E-state index is 5.32. The van der Waals surface area contributed by atoms with Crippen LogP contribution in [-0.2, 0) is 0 Å². The van der Waals surface area contributed by atoms with Crippen LogP contribution in [0.5, 0.6) is 0 Å². The number of benzene rings is 7. The summed E-state index contributed by atoms with van der Waals surface area (Å²) in [6.45, 7) is 0. The molecule has 1 aliphatic heterocycles. The summed E-state index contributed by atoms with van der Waals surface area (Å²) in [7, 11) is 0. The van der Waals surface area contributed by atoms with Gasteiger partial charge in [0.2, 0.25) is 5.95 Å². The van der Waals surface area contributed by atoms with Crippen molar-refractivity contribution in [2.45, 2.75) is 0 Å². The van der Waals surface area contributed by atoms with E-state index in [0.29, 0.717) is 5.82 Å². The predicted octanol–water partition coefficient (Wildman–Crippen LogP) is 11.4. The molecule has 2 aromatic heterocycles. The van der Waals surface area contributed by atoms with E-state index in [-0.39, 0.29) is 0 Å². The molecule has 0 saturated carbocycles. The third-order valence-corrected chi connectivity index (χ3v) is 9.53. The van der Waals surface area contributed by atoms with Crippen LogP contribution < -0.4 is 4.90 Å². The molecule has 5 nitrogen and oxygen atoms in total. The van der Waals surface area contributed by atoms with Gasteiger partial charge in [0, 0.05) is 33.5 Å². The fourth-order valence-electron chi connectivity index (χ4n) is 7.25. The molecular formula is C45H29N5. The van der Waals surface area contributed by atoms with E-state index >= 15 is 0 Å². The third-order valence-electron chi connectivity index (χ3n) is 9.53. The highest BCUT2D eigenvalue weighted by Crippen LogP contribution is 2.50. The van der Waals surface area contributed by atoms with Gasteiger partial charge in [-0.05, 0) is 53.2 Å². The number of rotatable bonds is 4. The van der Waals surface area contributed by atoms with Gasteiger partial charge in [-0.3, -0.25) is 9.47 Å². The van der Waals surface area contributed by atoms with E-state index in [1.54, 1.807) is 0 Å². The van der Waals surface area contributed by atoms with Gasteiger partial charge < -0.3 is 0 Å². The SMILES string of the molecule is c1ccc(-c2cc(-c3cccc(N4c5ccc6ccccc6c5-c5ccccc5-n5c4nc4ccccc45)c3)nc(-c3ccccc3)n2)cc1. The summed E-state index contributed by atoms with van der Waals surface area (Å²) in [6, 6.07) is 61.4. The molecule has 0 bridgehead atoms. The molecule has 0 radical (unpaired) electrons. The molecule has 9 aromatic rings. The number of fused-ring (bicyclic) bond motifs is 9. The Bertz CT molecular complexity index is 2660. The van der Waals surface area contributed by atoms with Crippen LogP contribution in [0.25, 0.3) is 72.5 Å². The predicted molar refractivity (Wildman–Crippen MR) is 204 cm³/mol. The number of anilines is 3. The van der Waals surface area contributed by atoms with Crippen molar-refractivity contribution in [3.63, 3.8) is 0 Å². The molecule has 0 spiro atoms. The zero-order valence-corrected chi connectivity index (χ0v) is 27.0. The Kier molecular flexibility index (Phi) is 6.42. The Hall–Kier alpha value is -6.85. The van der Waals surface area contributed by atoms with Crippen LogP contribution in [0.3, 0.4) is 0 Å². The monoisotopic (exact) mass is 639 g/mol. The largest absolute Gasteiger partial charge is 0.280 e. The van der Waals surface area contributed by atoms with Gasteiger partial charge in [-0.25, -0.2) is 15.0 Å². The summed E-state index contributed by atoms with van der Waals surface area (Å²) in [5.41, 5.74) is 12.2. The second-order valence-corrected chi connectivity index (χ2v) is 12.5. The Labute approximate surface area is 289 Å². The first-order chi connectivity index (χ1) is 24.8. The number of nitrogens with zero attached hydrogens (tertiary/aromatic N) is 5. The van der Waals surface area contributed by atoms with Crippen molar-refractivity contribution in [3.8, 4) is 50.7 Å². The fourth-order valence-corrected chi connectivity index (χ4v) is 7.25. The van der Waals surface area contributed by atoms with Gasteiger partial charge in [0.1, 0.15) is 0 Å². The van der Waals surface area contributed by atoms with Crippen LogP contribution >= 0.6 is 0 Å². The maximum absolute atomic E-state index is 5.32. The first-order valence-electron chi connectivity index (χ1n) is 16.8. The second kappa shape index (κ2) is 11.4. The quantitative estimate of drug-likeness (QED) is 0.192. The second-order valence-electron chi connectivity index (χ2n) is 12.5. The molecule has 5 heteroatoms. The summed E-state index contributed by atoms with van der Waals surface area (Å²) in [5, 5.41) is 2.39. The van der Waals surface area contributed by atoms with E-state index in [4.69, 9.17) is 15.0 Å². The summed E-state index contributed by atoms with van der Waals surface area (Å²) >= 11 is 0. The molecule has 7 aromatic carbocycles. The van der Waals surface area contributed by atoms with E-state index in [1.165, 1.54) is 16.3 Å². The minimum Gasteiger partial charge on any atom is -0.280 e. The van der Waals surface area contributed by atoms with Gasteiger partial charge in [0.15, 0.2) is 5.82 Å². The van der Waals surface area contributed by atoms with Crippen molar-refractivity contribution in [1.29, 1.82) is 0 Å². The first kappa shape index (κ1) is 28.2. The number of hydrogen-bond acceptors (Lipinski definition) is 4. The molecule has 0 saturated heterocycles. The minimum absolute atomic E-state index is 0.691. The Balaban J connectivity index is 1.24. The standard InChI is InChI=1S/C45H29N5/c1-3-15-31(16-4-1)38-29-39(47-44(46-38)32-17-5-2-6-18-32)33-19-13-20-34(28-33)49-42-27-26-30-14-7-8-21-35(30)43(42)36-22-9-11-24-40(36)50-41-25-12-10-23-37(41)48-45(49)50/h1-29H. The maximum Gasteiger partial charge on any atom is 0.220 e. The minimum atomic E-state index is 0.691. The molecule has 50 heavy (non-hydrogen) atoms. The molecule has 0 atom stereocenters. The average Bonchev–Trinajstić information content (AvgIpc) is 3.51. The molecule has 0 amide bonds. The van der Waals surface area contributed by atoms with Gasteiger partial charge in [0.05, 0.1) is 33.8 Å².